The van der Waals surface area contributed by atoms with E-state index in [9.17, 15) is 5.11 Å². The zero-order valence-corrected chi connectivity index (χ0v) is 13.1. The summed E-state index contributed by atoms with van der Waals surface area (Å²) in [5, 5.41) is 18.1. The van der Waals surface area contributed by atoms with E-state index < -0.39 is 0 Å². The molecule has 20 heavy (non-hydrogen) atoms. The molecule has 110 valence electrons. The van der Waals surface area contributed by atoms with Crippen molar-refractivity contribution >= 4 is 28.6 Å². The normalized spacial score (nSPS) is 14.4. The van der Waals surface area contributed by atoms with E-state index in [0.717, 1.165) is 29.2 Å². The third kappa shape index (κ3) is 3.21. The van der Waals surface area contributed by atoms with Crippen molar-refractivity contribution in [3.63, 3.8) is 0 Å². The van der Waals surface area contributed by atoms with E-state index in [1.165, 1.54) is 0 Å². The van der Waals surface area contributed by atoms with Gasteiger partial charge in [0.25, 0.3) is 0 Å². The van der Waals surface area contributed by atoms with Crippen LogP contribution >= 0.6 is 11.8 Å². The molecule has 2 unspecified atom stereocenters. The van der Waals surface area contributed by atoms with Gasteiger partial charge in [-0.05, 0) is 13.8 Å². The van der Waals surface area contributed by atoms with Crippen molar-refractivity contribution in [3.8, 4) is 0 Å². The van der Waals surface area contributed by atoms with Crippen LogP contribution in [0.2, 0.25) is 0 Å². The van der Waals surface area contributed by atoms with Gasteiger partial charge in [-0.25, -0.2) is 9.97 Å². The number of aliphatic hydroxyl groups excluding tert-OH is 1. The van der Waals surface area contributed by atoms with Crippen molar-refractivity contribution in [1.82, 2.24) is 19.7 Å². The Hall–Kier alpha value is -1.34. The largest absolute Gasteiger partial charge is 0.392 e. The number of rotatable bonds is 6. The maximum absolute atomic E-state index is 9.53. The van der Waals surface area contributed by atoms with E-state index in [0.29, 0.717) is 5.75 Å². The Morgan fingerprint density at radius 2 is 2.15 bits per heavy atom. The lowest BCUT2D eigenvalue weighted by molar-refractivity contribution is 0.196. The summed E-state index contributed by atoms with van der Waals surface area (Å²) < 4.78 is 1.75. The van der Waals surface area contributed by atoms with E-state index in [2.05, 4.69) is 20.4 Å². The Balaban J connectivity index is 2.27. The fourth-order valence-corrected chi connectivity index (χ4v) is 2.60. The number of hydrogen-bond donors (Lipinski definition) is 2. The fraction of sp³-hybridized carbons (Fsp3) is 0.615. The smallest absolute Gasteiger partial charge is 0.163 e. The molecule has 2 aromatic rings. The number of nitrogens with one attached hydrogen (secondary N) is 1. The number of anilines is 1. The second-order valence-electron chi connectivity index (χ2n) is 4.78. The van der Waals surface area contributed by atoms with E-state index >= 15 is 0 Å². The average Bonchev–Trinajstić information content (AvgIpc) is 2.78. The summed E-state index contributed by atoms with van der Waals surface area (Å²) in [6.07, 6.45) is 1.44. The standard InChI is InChI=1S/C13H21N5OS/c1-5-14-12-10-6-15-18(4)13(10)17-11(16-12)7-20-9(3)8(2)19/h6,8-9,19H,5,7H2,1-4H3,(H,14,16,17). The molecule has 0 aliphatic carbocycles. The molecule has 0 saturated heterocycles. The molecular weight excluding hydrogens is 274 g/mol. The lowest BCUT2D eigenvalue weighted by Gasteiger charge is -2.14. The summed E-state index contributed by atoms with van der Waals surface area (Å²) in [6.45, 7) is 6.64. The Labute approximate surface area is 123 Å². The number of nitrogens with zero attached hydrogens (tertiary/aromatic N) is 4. The number of aromatic nitrogens is 4. The van der Waals surface area contributed by atoms with E-state index in [4.69, 9.17) is 0 Å². The lowest BCUT2D eigenvalue weighted by Crippen LogP contribution is -2.15. The highest BCUT2D eigenvalue weighted by molar-refractivity contribution is 7.99. The Kier molecular flexibility index (Phi) is 4.82. The molecule has 7 heteroatoms. The van der Waals surface area contributed by atoms with Gasteiger partial charge >= 0.3 is 0 Å². The van der Waals surface area contributed by atoms with Gasteiger partial charge in [-0.3, -0.25) is 4.68 Å². The number of aliphatic hydroxyl groups is 1. The predicted octanol–water partition coefficient (Wildman–Crippen LogP) is 1.80. The second-order valence-corrected chi connectivity index (χ2v) is 6.15. The Bertz CT molecular complexity index is 583. The van der Waals surface area contributed by atoms with Gasteiger partial charge in [-0.15, -0.1) is 11.8 Å². The molecule has 0 aliphatic heterocycles. The molecule has 0 radical (unpaired) electrons. The topological polar surface area (TPSA) is 75.9 Å². The molecule has 2 heterocycles. The van der Waals surface area contributed by atoms with Crippen LogP contribution in [0.4, 0.5) is 5.82 Å². The minimum atomic E-state index is -0.339. The van der Waals surface area contributed by atoms with Crippen LogP contribution in [0.5, 0.6) is 0 Å². The van der Waals surface area contributed by atoms with Crippen molar-refractivity contribution in [2.45, 2.75) is 37.9 Å². The maximum Gasteiger partial charge on any atom is 0.163 e. The summed E-state index contributed by atoms with van der Waals surface area (Å²) in [6, 6.07) is 0. The van der Waals surface area contributed by atoms with Crippen molar-refractivity contribution < 1.29 is 5.11 Å². The molecule has 0 aromatic carbocycles. The monoisotopic (exact) mass is 295 g/mol. The highest BCUT2D eigenvalue weighted by Gasteiger charge is 2.14. The molecule has 2 rings (SSSR count). The molecule has 0 spiro atoms. The summed E-state index contributed by atoms with van der Waals surface area (Å²) in [7, 11) is 1.88. The fourth-order valence-electron chi connectivity index (χ4n) is 1.78. The van der Waals surface area contributed by atoms with E-state index in [1.807, 2.05) is 20.9 Å². The van der Waals surface area contributed by atoms with Crippen LogP contribution in [0.1, 0.15) is 26.6 Å². The quantitative estimate of drug-likeness (QED) is 0.846. The van der Waals surface area contributed by atoms with Crippen LogP contribution in [0.25, 0.3) is 11.0 Å². The highest BCUT2D eigenvalue weighted by atomic mass is 32.2. The molecule has 2 N–H and O–H groups in total. The van der Waals surface area contributed by atoms with Crippen LogP contribution in [-0.4, -0.2) is 42.8 Å². The van der Waals surface area contributed by atoms with Gasteiger partial charge in [0.15, 0.2) is 5.65 Å². The number of hydrogen-bond acceptors (Lipinski definition) is 6. The molecule has 6 nitrogen and oxygen atoms in total. The van der Waals surface area contributed by atoms with Crippen molar-refractivity contribution in [2.75, 3.05) is 11.9 Å². The van der Waals surface area contributed by atoms with Gasteiger partial charge in [0.05, 0.1) is 23.4 Å². The van der Waals surface area contributed by atoms with Gasteiger partial charge < -0.3 is 10.4 Å². The molecule has 2 aromatic heterocycles. The minimum Gasteiger partial charge on any atom is -0.392 e. The molecule has 0 aliphatic rings. The first-order valence-corrected chi connectivity index (χ1v) is 7.80. The van der Waals surface area contributed by atoms with Crippen molar-refractivity contribution in [2.24, 2.45) is 7.05 Å². The molecule has 2 atom stereocenters. The Morgan fingerprint density at radius 1 is 1.40 bits per heavy atom. The average molecular weight is 295 g/mol. The van der Waals surface area contributed by atoms with Crippen LogP contribution < -0.4 is 5.32 Å². The van der Waals surface area contributed by atoms with Crippen LogP contribution in [0, 0.1) is 0 Å². The van der Waals surface area contributed by atoms with Gasteiger partial charge in [-0.1, -0.05) is 6.92 Å². The van der Waals surface area contributed by atoms with Crippen LogP contribution in [-0.2, 0) is 12.8 Å². The number of aryl methyl sites for hydroxylation is 1. The van der Waals surface area contributed by atoms with Gasteiger partial charge in [0, 0.05) is 18.8 Å². The molecular formula is C13H21N5OS. The zero-order chi connectivity index (χ0) is 14.7. The minimum absolute atomic E-state index is 0.156. The second kappa shape index (κ2) is 6.41. The number of thioether (sulfide) groups is 1. The van der Waals surface area contributed by atoms with E-state index in [1.54, 1.807) is 29.6 Å². The highest BCUT2D eigenvalue weighted by Crippen LogP contribution is 2.23. The summed E-state index contributed by atoms with van der Waals surface area (Å²) in [4.78, 5) is 9.11. The predicted molar refractivity (Wildman–Crippen MR) is 82.9 cm³/mol. The third-order valence-corrected chi connectivity index (χ3v) is 4.48. The van der Waals surface area contributed by atoms with Gasteiger partial charge in [0.2, 0.25) is 0 Å². The Morgan fingerprint density at radius 3 is 2.80 bits per heavy atom. The third-order valence-electron chi connectivity index (χ3n) is 3.14. The van der Waals surface area contributed by atoms with Crippen molar-refractivity contribution in [3.05, 3.63) is 12.0 Å². The summed E-state index contributed by atoms with van der Waals surface area (Å²) in [5.74, 6) is 2.26. The molecule has 0 saturated carbocycles. The van der Waals surface area contributed by atoms with Crippen LogP contribution in [0.3, 0.4) is 0 Å². The lowest BCUT2D eigenvalue weighted by atomic mass is 10.3. The zero-order valence-electron chi connectivity index (χ0n) is 12.3. The SMILES string of the molecule is CCNc1nc(CSC(C)C(C)O)nc2c1cnn2C. The van der Waals surface area contributed by atoms with Gasteiger partial charge in [-0.2, -0.15) is 5.10 Å². The first-order chi connectivity index (χ1) is 9.52. The first kappa shape index (κ1) is 15.1. The first-order valence-electron chi connectivity index (χ1n) is 6.75. The van der Waals surface area contributed by atoms with Gasteiger partial charge in [0.1, 0.15) is 11.6 Å². The summed E-state index contributed by atoms with van der Waals surface area (Å²) in [5.41, 5.74) is 0.830. The number of fused-ring (bicyclic) bond motifs is 1. The maximum atomic E-state index is 9.53. The molecule has 0 fully saturated rings. The van der Waals surface area contributed by atoms with Crippen LogP contribution in [0.15, 0.2) is 6.20 Å². The summed E-state index contributed by atoms with van der Waals surface area (Å²) >= 11 is 1.65. The molecule has 0 amide bonds. The van der Waals surface area contributed by atoms with E-state index in [-0.39, 0.29) is 11.4 Å². The van der Waals surface area contributed by atoms with Crippen molar-refractivity contribution in [1.29, 1.82) is 0 Å². The molecule has 0 bridgehead atoms.